The van der Waals surface area contributed by atoms with Crippen LogP contribution in [-0.4, -0.2) is 25.7 Å². The minimum atomic E-state index is -0.997. The summed E-state index contributed by atoms with van der Waals surface area (Å²) in [7, 11) is 0. The number of rotatable bonds is 2. The molecule has 3 aromatic rings. The van der Waals surface area contributed by atoms with Gasteiger partial charge in [-0.2, -0.15) is 0 Å². The topological polar surface area (TPSA) is 80.6 Å². The summed E-state index contributed by atoms with van der Waals surface area (Å²) in [5, 5.41) is 13.1. The maximum absolute atomic E-state index is 10.8. The van der Waals surface area contributed by atoms with Crippen molar-refractivity contribution in [2.45, 2.75) is 6.92 Å². The van der Waals surface area contributed by atoms with Crippen LogP contribution in [-0.2, 0) is 0 Å². The number of hydrogen-bond acceptors (Lipinski definition) is 4. The normalized spacial score (nSPS) is 10.9. The van der Waals surface area contributed by atoms with Gasteiger partial charge in [-0.05, 0) is 31.2 Å². The van der Waals surface area contributed by atoms with Gasteiger partial charge in [-0.3, -0.25) is 0 Å². The third-order valence-corrected chi connectivity index (χ3v) is 2.54. The van der Waals surface area contributed by atoms with E-state index in [0.29, 0.717) is 17.2 Å². The van der Waals surface area contributed by atoms with Gasteiger partial charge in [-0.1, -0.05) is 0 Å². The molecule has 0 bridgehead atoms. The Balaban J connectivity index is 2.13. The van der Waals surface area contributed by atoms with Crippen LogP contribution in [0.2, 0.25) is 0 Å². The van der Waals surface area contributed by atoms with Gasteiger partial charge in [-0.15, -0.1) is 5.10 Å². The molecule has 18 heavy (non-hydrogen) atoms. The van der Waals surface area contributed by atoms with Gasteiger partial charge in [0.25, 0.3) is 0 Å². The highest BCUT2D eigenvalue weighted by molar-refractivity contribution is 5.87. The minimum Gasteiger partial charge on any atom is -0.478 e. The van der Waals surface area contributed by atoms with Gasteiger partial charge in [-0.25, -0.2) is 14.3 Å². The first-order valence-corrected chi connectivity index (χ1v) is 5.30. The van der Waals surface area contributed by atoms with Crippen molar-refractivity contribution in [2.24, 2.45) is 0 Å². The van der Waals surface area contributed by atoms with Crippen LogP contribution in [0.3, 0.4) is 0 Å². The van der Waals surface area contributed by atoms with Gasteiger partial charge in [0, 0.05) is 6.20 Å². The highest BCUT2D eigenvalue weighted by Gasteiger charge is 2.11. The van der Waals surface area contributed by atoms with E-state index in [1.807, 2.05) is 13.0 Å². The van der Waals surface area contributed by atoms with E-state index in [-0.39, 0.29) is 5.56 Å². The molecular weight excluding hydrogens is 234 g/mol. The van der Waals surface area contributed by atoms with Crippen LogP contribution in [0.25, 0.3) is 17.2 Å². The maximum Gasteiger partial charge on any atom is 0.337 e. The standard InChI is InChI=1S/C12H9N3O3/c1-7-2-4-9(18-7)11-13-10-5-3-8(12(16)17)6-15(10)14-11/h2-6H,1H3,(H,16,17). The molecule has 3 heterocycles. The van der Waals surface area contributed by atoms with E-state index >= 15 is 0 Å². The lowest BCUT2D eigenvalue weighted by Crippen LogP contribution is -1.99. The molecule has 0 saturated heterocycles. The number of fused-ring (bicyclic) bond motifs is 1. The first-order valence-electron chi connectivity index (χ1n) is 5.30. The fraction of sp³-hybridized carbons (Fsp3) is 0.0833. The lowest BCUT2D eigenvalue weighted by Gasteiger charge is -1.93. The average Bonchev–Trinajstić information content (AvgIpc) is 2.93. The van der Waals surface area contributed by atoms with Crippen molar-refractivity contribution in [1.29, 1.82) is 0 Å². The fourth-order valence-corrected chi connectivity index (χ4v) is 1.67. The van der Waals surface area contributed by atoms with E-state index in [1.165, 1.54) is 16.8 Å². The number of hydrogen-bond donors (Lipinski definition) is 1. The molecule has 3 rings (SSSR count). The number of aromatic nitrogens is 3. The Morgan fingerprint density at radius 1 is 1.33 bits per heavy atom. The number of aromatic carboxylic acids is 1. The quantitative estimate of drug-likeness (QED) is 0.744. The Bertz CT molecular complexity index is 742. The molecule has 0 fully saturated rings. The summed E-state index contributed by atoms with van der Waals surface area (Å²) in [6.45, 7) is 1.84. The van der Waals surface area contributed by atoms with Crippen LogP contribution in [0.1, 0.15) is 16.1 Å². The summed E-state index contributed by atoms with van der Waals surface area (Å²) in [6.07, 6.45) is 1.42. The lowest BCUT2D eigenvalue weighted by molar-refractivity contribution is 0.0696. The van der Waals surface area contributed by atoms with Crippen molar-refractivity contribution in [1.82, 2.24) is 14.6 Å². The second-order valence-corrected chi connectivity index (χ2v) is 3.87. The molecule has 0 spiro atoms. The maximum atomic E-state index is 10.8. The number of carbonyl (C=O) groups is 1. The van der Waals surface area contributed by atoms with Gasteiger partial charge in [0.15, 0.2) is 11.4 Å². The fourth-order valence-electron chi connectivity index (χ4n) is 1.67. The molecule has 0 amide bonds. The lowest BCUT2D eigenvalue weighted by atomic mass is 10.3. The van der Waals surface area contributed by atoms with E-state index in [9.17, 15) is 4.79 Å². The van der Waals surface area contributed by atoms with Crippen LogP contribution < -0.4 is 0 Å². The van der Waals surface area contributed by atoms with E-state index < -0.39 is 5.97 Å². The molecule has 90 valence electrons. The van der Waals surface area contributed by atoms with E-state index in [2.05, 4.69) is 10.1 Å². The number of aryl methyl sites for hydroxylation is 1. The van der Waals surface area contributed by atoms with Crippen molar-refractivity contribution >= 4 is 11.6 Å². The van der Waals surface area contributed by atoms with E-state index in [4.69, 9.17) is 9.52 Å². The van der Waals surface area contributed by atoms with E-state index in [1.54, 1.807) is 12.1 Å². The summed E-state index contributed by atoms with van der Waals surface area (Å²) in [5.41, 5.74) is 0.735. The van der Waals surface area contributed by atoms with Gasteiger partial charge < -0.3 is 9.52 Å². The smallest absolute Gasteiger partial charge is 0.337 e. The molecule has 0 atom stereocenters. The summed E-state index contributed by atoms with van der Waals surface area (Å²) in [6, 6.07) is 6.70. The molecular formula is C12H9N3O3. The number of carboxylic acids is 1. The highest BCUT2D eigenvalue weighted by Crippen LogP contribution is 2.19. The zero-order valence-electron chi connectivity index (χ0n) is 9.49. The van der Waals surface area contributed by atoms with Gasteiger partial charge in [0.05, 0.1) is 5.56 Å². The first-order chi connectivity index (χ1) is 8.63. The van der Waals surface area contributed by atoms with Crippen molar-refractivity contribution in [3.05, 3.63) is 41.8 Å². The van der Waals surface area contributed by atoms with E-state index in [0.717, 1.165) is 5.76 Å². The number of nitrogens with zero attached hydrogens (tertiary/aromatic N) is 3. The molecule has 0 aliphatic heterocycles. The molecule has 0 saturated carbocycles. The zero-order valence-corrected chi connectivity index (χ0v) is 9.49. The molecule has 1 N–H and O–H groups in total. The van der Waals surface area contributed by atoms with Crippen LogP contribution in [0.15, 0.2) is 34.9 Å². The Kier molecular flexibility index (Phi) is 2.16. The third-order valence-electron chi connectivity index (χ3n) is 2.54. The second-order valence-electron chi connectivity index (χ2n) is 3.87. The van der Waals surface area contributed by atoms with Gasteiger partial charge in [0.2, 0.25) is 5.82 Å². The number of carboxylic acid groups (broad SMARTS) is 1. The molecule has 6 heteroatoms. The molecule has 0 aliphatic carbocycles. The summed E-state index contributed by atoms with van der Waals surface area (Å²) in [5.74, 6) is 0.775. The Labute approximate surface area is 101 Å². The molecule has 0 unspecified atom stereocenters. The Morgan fingerprint density at radius 2 is 2.17 bits per heavy atom. The van der Waals surface area contributed by atoms with Gasteiger partial charge >= 0.3 is 5.97 Å². The van der Waals surface area contributed by atoms with Crippen molar-refractivity contribution in [3.8, 4) is 11.6 Å². The monoisotopic (exact) mass is 243 g/mol. The summed E-state index contributed by atoms with van der Waals surface area (Å²) >= 11 is 0. The SMILES string of the molecule is Cc1ccc(-c2nc3ccc(C(=O)O)cn3n2)o1. The van der Waals surface area contributed by atoms with Crippen molar-refractivity contribution in [3.63, 3.8) is 0 Å². The average molecular weight is 243 g/mol. The third kappa shape index (κ3) is 1.64. The van der Waals surface area contributed by atoms with Crippen molar-refractivity contribution < 1.29 is 14.3 Å². The first kappa shape index (κ1) is 10.5. The van der Waals surface area contributed by atoms with Crippen LogP contribution in [0.5, 0.6) is 0 Å². The number of furan rings is 1. The van der Waals surface area contributed by atoms with Gasteiger partial charge in [0.1, 0.15) is 5.76 Å². The summed E-state index contributed by atoms with van der Waals surface area (Å²) < 4.78 is 6.85. The van der Waals surface area contributed by atoms with Crippen LogP contribution >= 0.6 is 0 Å². The Hall–Kier alpha value is -2.63. The zero-order chi connectivity index (χ0) is 12.7. The largest absolute Gasteiger partial charge is 0.478 e. The molecule has 0 aliphatic rings. The van der Waals surface area contributed by atoms with Crippen LogP contribution in [0, 0.1) is 6.92 Å². The highest BCUT2D eigenvalue weighted by atomic mass is 16.4. The molecule has 0 aromatic carbocycles. The second kappa shape index (κ2) is 3.69. The van der Waals surface area contributed by atoms with Crippen LogP contribution in [0.4, 0.5) is 0 Å². The summed E-state index contributed by atoms with van der Waals surface area (Å²) in [4.78, 5) is 15.1. The van der Waals surface area contributed by atoms with Crippen molar-refractivity contribution in [2.75, 3.05) is 0 Å². The molecule has 0 radical (unpaired) electrons. The predicted octanol–water partition coefficient (Wildman–Crippen LogP) is 2.00. The minimum absolute atomic E-state index is 0.162. The Morgan fingerprint density at radius 3 is 2.83 bits per heavy atom. The number of pyridine rings is 1. The molecule has 6 nitrogen and oxygen atoms in total. The molecule has 3 aromatic heterocycles. The predicted molar refractivity (Wildman–Crippen MR) is 62.4 cm³/mol.